The lowest BCUT2D eigenvalue weighted by Crippen LogP contribution is -2.53. The van der Waals surface area contributed by atoms with Crippen LogP contribution in [0.4, 0.5) is 0 Å². The summed E-state index contributed by atoms with van der Waals surface area (Å²) in [4.78, 5) is 20.4. The largest absolute Gasteiger partial charge is 0.357 e. The van der Waals surface area contributed by atoms with Crippen LogP contribution in [0, 0.1) is 0 Å². The third-order valence-corrected chi connectivity index (χ3v) is 4.38. The van der Waals surface area contributed by atoms with E-state index in [1.807, 2.05) is 4.90 Å². The highest BCUT2D eigenvalue weighted by molar-refractivity contribution is 14.0. The monoisotopic (exact) mass is 452 g/mol. The highest BCUT2D eigenvalue weighted by Crippen LogP contribution is 2.07. The molecule has 0 saturated carbocycles. The highest BCUT2D eigenvalue weighted by Gasteiger charge is 2.20. The van der Waals surface area contributed by atoms with Gasteiger partial charge in [-0.25, -0.2) is 0 Å². The Kier molecular flexibility index (Phi) is 14.5. The molecule has 1 fully saturated rings. The van der Waals surface area contributed by atoms with Crippen LogP contribution in [-0.4, -0.2) is 60.9 Å². The number of hydrogen-bond acceptors (Lipinski definition) is 2. The quantitative estimate of drug-likeness (QED) is 0.252. The first-order valence-electron chi connectivity index (χ1n) is 9.47. The van der Waals surface area contributed by atoms with Crippen molar-refractivity contribution in [3.05, 3.63) is 0 Å². The van der Waals surface area contributed by atoms with E-state index in [0.29, 0.717) is 0 Å². The number of piperazine rings is 1. The SMILES string of the molecule is CCCCCCCCCN=C(NCC)N1CCN(C(C)=O)CC1.I. The maximum atomic E-state index is 11.4. The zero-order valence-corrected chi connectivity index (χ0v) is 18.2. The molecule has 1 aliphatic heterocycles. The van der Waals surface area contributed by atoms with Crippen LogP contribution < -0.4 is 5.32 Å². The van der Waals surface area contributed by atoms with Gasteiger partial charge in [0.2, 0.25) is 5.91 Å². The van der Waals surface area contributed by atoms with Gasteiger partial charge in [-0.3, -0.25) is 9.79 Å². The molecule has 1 heterocycles. The summed E-state index contributed by atoms with van der Waals surface area (Å²) in [5.41, 5.74) is 0. The molecule has 0 aromatic heterocycles. The second-order valence-corrected chi connectivity index (χ2v) is 6.35. The first-order valence-corrected chi connectivity index (χ1v) is 9.47. The Bertz CT molecular complexity index is 355. The molecule has 0 aliphatic carbocycles. The molecule has 0 aromatic carbocycles. The fourth-order valence-corrected chi connectivity index (χ4v) is 2.91. The number of nitrogens with one attached hydrogen (secondary N) is 1. The Morgan fingerprint density at radius 3 is 2.00 bits per heavy atom. The summed E-state index contributed by atoms with van der Waals surface area (Å²) in [6.45, 7) is 11.2. The van der Waals surface area contributed by atoms with E-state index in [0.717, 1.165) is 45.2 Å². The number of carbonyl (C=O) groups excluding carboxylic acids is 1. The Balaban J connectivity index is 0.00000529. The number of halogens is 1. The fourth-order valence-electron chi connectivity index (χ4n) is 2.91. The van der Waals surface area contributed by atoms with Crippen molar-refractivity contribution >= 4 is 35.8 Å². The van der Waals surface area contributed by atoms with Crippen molar-refractivity contribution in [2.24, 2.45) is 4.99 Å². The molecule has 1 N–H and O–H groups in total. The van der Waals surface area contributed by atoms with Gasteiger partial charge in [-0.15, -0.1) is 24.0 Å². The van der Waals surface area contributed by atoms with Crippen LogP contribution in [0.3, 0.4) is 0 Å². The number of carbonyl (C=O) groups is 1. The minimum absolute atomic E-state index is 0. The summed E-state index contributed by atoms with van der Waals surface area (Å²) in [5, 5.41) is 3.39. The lowest BCUT2D eigenvalue weighted by atomic mass is 10.1. The van der Waals surface area contributed by atoms with Crippen molar-refractivity contribution in [2.75, 3.05) is 39.3 Å². The molecular weight excluding hydrogens is 415 g/mol. The van der Waals surface area contributed by atoms with E-state index in [1.165, 1.54) is 44.9 Å². The highest BCUT2D eigenvalue weighted by atomic mass is 127. The van der Waals surface area contributed by atoms with Gasteiger partial charge in [-0.05, 0) is 13.3 Å². The van der Waals surface area contributed by atoms with Gasteiger partial charge in [0.15, 0.2) is 5.96 Å². The molecule has 0 bridgehead atoms. The smallest absolute Gasteiger partial charge is 0.219 e. The van der Waals surface area contributed by atoms with E-state index >= 15 is 0 Å². The van der Waals surface area contributed by atoms with Gasteiger partial charge in [0, 0.05) is 46.2 Å². The molecule has 0 atom stereocenters. The van der Waals surface area contributed by atoms with Gasteiger partial charge < -0.3 is 15.1 Å². The topological polar surface area (TPSA) is 47.9 Å². The molecule has 0 unspecified atom stereocenters. The first-order chi connectivity index (χ1) is 11.2. The third-order valence-electron chi connectivity index (χ3n) is 4.38. The Hall–Kier alpha value is -0.530. The normalized spacial score (nSPS) is 15.2. The third kappa shape index (κ3) is 9.69. The molecule has 1 amide bonds. The fraction of sp³-hybridized carbons (Fsp3) is 0.889. The zero-order valence-electron chi connectivity index (χ0n) is 15.9. The lowest BCUT2D eigenvalue weighted by Gasteiger charge is -2.36. The van der Waals surface area contributed by atoms with Gasteiger partial charge in [-0.2, -0.15) is 0 Å². The average molecular weight is 452 g/mol. The summed E-state index contributed by atoms with van der Waals surface area (Å²) in [6, 6.07) is 0. The summed E-state index contributed by atoms with van der Waals surface area (Å²) in [7, 11) is 0. The van der Waals surface area contributed by atoms with E-state index in [2.05, 4.69) is 24.1 Å². The van der Waals surface area contributed by atoms with Crippen LogP contribution in [0.25, 0.3) is 0 Å². The predicted molar refractivity (Wildman–Crippen MR) is 113 cm³/mol. The van der Waals surface area contributed by atoms with Gasteiger partial charge in [0.05, 0.1) is 0 Å². The lowest BCUT2D eigenvalue weighted by molar-refractivity contribution is -0.130. The minimum Gasteiger partial charge on any atom is -0.357 e. The minimum atomic E-state index is 0. The average Bonchev–Trinajstić information content (AvgIpc) is 2.56. The summed E-state index contributed by atoms with van der Waals surface area (Å²) in [5.74, 6) is 1.19. The molecule has 142 valence electrons. The van der Waals surface area contributed by atoms with Gasteiger partial charge in [-0.1, -0.05) is 45.4 Å². The maximum Gasteiger partial charge on any atom is 0.219 e. The number of aliphatic imine (C=N–C) groups is 1. The number of guanidine groups is 1. The van der Waals surface area contributed by atoms with Crippen LogP contribution in [0.15, 0.2) is 4.99 Å². The van der Waals surface area contributed by atoms with E-state index in [-0.39, 0.29) is 29.9 Å². The van der Waals surface area contributed by atoms with Crippen LogP contribution in [0.5, 0.6) is 0 Å². The number of rotatable bonds is 9. The number of amides is 1. The van der Waals surface area contributed by atoms with Crippen molar-refractivity contribution < 1.29 is 4.79 Å². The number of unbranched alkanes of at least 4 members (excludes halogenated alkanes) is 6. The molecular formula is C18H37IN4O. The molecule has 24 heavy (non-hydrogen) atoms. The molecule has 1 rings (SSSR count). The van der Waals surface area contributed by atoms with Crippen LogP contribution >= 0.6 is 24.0 Å². The molecule has 6 heteroatoms. The molecule has 0 aromatic rings. The van der Waals surface area contributed by atoms with Gasteiger partial charge >= 0.3 is 0 Å². The first kappa shape index (κ1) is 23.5. The summed E-state index contributed by atoms with van der Waals surface area (Å²) >= 11 is 0. The Morgan fingerprint density at radius 2 is 1.46 bits per heavy atom. The molecule has 5 nitrogen and oxygen atoms in total. The van der Waals surface area contributed by atoms with Gasteiger partial charge in [0.25, 0.3) is 0 Å². The van der Waals surface area contributed by atoms with Crippen molar-refractivity contribution in [3.63, 3.8) is 0 Å². The van der Waals surface area contributed by atoms with Crippen molar-refractivity contribution in [1.82, 2.24) is 15.1 Å². The molecule has 0 spiro atoms. The standard InChI is InChI=1S/C18H36N4O.HI/c1-4-6-7-8-9-10-11-12-20-18(19-5-2)22-15-13-21(14-16-22)17(3)23;/h4-16H2,1-3H3,(H,19,20);1H. The molecule has 1 saturated heterocycles. The van der Waals surface area contributed by atoms with E-state index < -0.39 is 0 Å². The van der Waals surface area contributed by atoms with Gasteiger partial charge in [0.1, 0.15) is 0 Å². The van der Waals surface area contributed by atoms with Crippen LogP contribution in [-0.2, 0) is 4.79 Å². The van der Waals surface area contributed by atoms with E-state index in [1.54, 1.807) is 6.92 Å². The van der Waals surface area contributed by atoms with Crippen molar-refractivity contribution in [1.29, 1.82) is 0 Å². The van der Waals surface area contributed by atoms with Crippen molar-refractivity contribution in [3.8, 4) is 0 Å². The summed E-state index contributed by atoms with van der Waals surface area (Å²) in [6.07, 6.45) is 9.22. The maximum absolute atomic E-state index is 11.4. The van der Waals surface area contributed by atoms with Crippen molar-refractivity contribution in [2.45, 2.75) is 65.7 Å². The molecule has 0 radical (unpaired) electrons. The predicted octanol–water partition coefficient (Wildman–Crippen LogP) is 3.48. The zero-order chi connectivity index (χ0) is 16.9. The van der Waals surface area contributed by atoms with Crippen LogP contribution in [0.1, 0.15) is 65.7 Å². The van der Waals surface area contributed by atoms with Crippen LogP contribution in [0.2, 0.25) is 0 Å². The molecule has 1 aliphatic rings. The number of hydrogen-bond donors (Lipinski definition) is 1. The summed E-state index contributed by atoms with van der Waals surface area (Å²) < 4.78 is 0. The Morgan fingerprint density at radius 1 is 0.917 bits per heavy atom. The van der Waals surface area contributed by atoms with E-state index in [4.69, 9.17) is 4.99 Å². The second kappa shape index (κ2) is 14.8. The second-order valence-electron chi connectivity index (χ2n) is 6.35. The Labute approximate surface area is 165 Å². The van der Waals surface area contributed by atoms with E-state index in [9.17, 15) is 4.79 Å². The number of nitrogens with zero attached hydrogens (tertiary/aromatic N) is 3.